The maximum atomic E-state index is 13.3. The summed E-state index contributed by atoms with van der Waals surface area (Å²) in [6.45, 7) is 6.41. The van der Waals surface area contributed by atoms with Gasteiger partial charge in [-0.2, -0.15) is 0 Å². The van der Waals surface area contributed by atoms with Gasteiger partial charge in [0.1, 0.15) is 0 Å². The molecule has 0 spiro atoms. The molecular formula is C26H28N2O3S. The Bertz CT molecular complexity index is 1190. The molecule has 1 N–H and O–H groups in total. The number of aromatic nitrogens is 1. The van der Waals surface area contributed by atoms with E-state index < -0.39 is 5.97 Å². The SMILES string of the molecule is CNC(=O)COC(=O)c1c2c(nc3ccccc13)C(=Cc1cccs1)CC(C(C)(C)C)C2. The van der Waals surface area contributed by atoms with Crippen LogP contribution in [0.25, 0.3) is 22.6 Å². The van der Waals surface area contributed by atoms with Gasteiger partial charge >= 0.3 is 5.97 Å². The van der Waals surface area contributed by atoms with Gasteiger partial charge in [0.15, 0.2) is 6.61 Å². The van der Waals surface area contributed by atoms with Crippen molar-refractivity contribution in [2.75, 3.05) is 13.7 Å². The number of para-hydroxylation sites is 1. The molecule has 1 atom stereocenters. The van der Waals surface area contributed by atoms with E-state index in [-0.39, 0.29) is 17.9 Å². The number of allylic oxidation sites excluding steroid dienone is 1. The molecule has 0 saturated heterocycles. The molecule has 1 amide bonds. The summed E-state index contributed by atoms with van der Waals surface area (Å²) in [4.78, 5) is 31.2. The summed E-state index contributed by atoms with van der Waals surface area (Å²) in [5.41, 5.74) is 4.26. The minimum Gasteiger partial charge on any atom is -0.452 e. The zero-order chi connectivity index (χ0) is 22.9. The average molecular weight is 449 g/mol. The van der Waals surface area contributed by atoms with Gasteiger partial charge in [-0.25, -0.2) is 9.78 Å². The number of carbonyl (C=O) groups excluding carboxylic acids is 2. The highest BCUT2D eigenvalue weighted by Gasteiger charge is 2.35. The molecule has 166 valence electrons. The maximum absolute atomic E-state index is 13.3. The van der Waals surface area contributed by atoms with Gasteiger partial charge in [0.25, 0.3) is 5.91 Å². The summed E-state index contributed by atoms with van der Waals surface area (Å²) in [6.07, 6.45) is 3.83. The van der Waals surface area contributed by atoms with Crippen molar-refractivity contribution in [2.45, 2.75) is 33.6 Å². The minimum atomic E-state index is -0.478. The predicted octanol–water partition coefficient (Wildman–Crippen LogP) is 5.35. The Balaban J connectivity index is 1.92. The molecule has 4 rings (SSSR count). The number of pyridine rings is 1. The Kier molecular flexibility index (Phi) is 6.15. The van der Waals surface area contributed by atoms with Gasteiger partial charge in [0, 0.05) is 17.3 Å². The van der Waals surface area contributed by atoms with E-state index in [1.54, 1.807) is 11.3 Å². The summed E-state index contributed by atoms with van der Waals surface area (Å²) >= 11 is 1.69. The molecule has 32 heavy (non-hydrogen) atoms. The fourth-order valence-electron chi connectivity index (χ4n) is 4.19. The molecule has 0 radical (unpaired) electrons. The van der Waals surface area contributed by atoms with E-state index in [9.17, 15) is 9.59 Å². The van der Waals surface area contributed by atoms with Crippen LogP contribution in [-0.4, -0.2) is 30.5 Å². The summed E-state index contributed by atoms with van der Waals surface area (Å²) in [5.74, 6) is -0.473. The van der Waals surface area contributed by atoms with E-state index in [1.165, 1.54) is 11.9 Å². The second kappa shape index (κ2) is 8.87. The monoisotopic (exact) mass is 448 g/mol. The molecule has 5 nitrogen and oxygen atoms in total. The number of rotatable bonds is 4. The predicted molar refractivity (Wildman–Crippen MR) is 130 cm³/mol. The van der Waals surface area contributed by atoms with E-state index in [0.717, 1.165) is 40.6 Å². The lowest BCUT2D eigenvalue weighted by Crippen LogP contribution is -2.29. The third kappa shape index (κ3) is 4.46. The van der Waals surface area contributed by atoms with E-state index in [2.05, 4.69) is 43.6 Å². The lowest BCUT2D eigenvalue weighted by atomic mass is 9.69. The van der Waals surface area contributed by atoms with Crippen LogP contribution in [-0.2, 0) is 16.0 Å². The van der Waals surface area contributed by atoms with Crippen LogP contribution >= 0.6 is 11.3 Å². The first-order chi connectivity index (χ1) is 15.3. The Morgan fingerprint density at radius 1 is 1.19 bits per heavy atom. The number of thiophene rings is 1. The van der Waals surface area contributed by atoms with Gasteiger partial charge in [-0.1, -0.05) is 45.0 Å². The number of ether oxygens (including phenoxy) is 1. The Morgan fingerprint density at radius 3 is 2.66 bits per heavy atom. The van der Waals surface area contributed by atoms with Crippen molar-refractivity contribution in [3.05, 3.63) is 63.5 Å². The van der Waals surface area contributed by atoms with Crippen molar-refractivity contribution in [3.8, 4) is 0 Å². The molecule has 1 aliphatic carbocycles. The molecule has 0 bridgehead atoms. The van der Waals surface area contributed by atoms with E-state index in [4.69, 9.17) is 9.72 Å². The van der Waals surface area contributed by atoms with Gasteiger partial charge in [-0.15, -0.1) is 11.3 Å². The lowest BCUT2D eigenvalue weighted by Gasteiger charge is -2.36. The van der Waals surface area contributed by atoms with Gasteiger partial charge in [0.2, 0.25) is 0 Å². The van der Waals surface area contributed by atoms with Crippen molar-refractivity contribution >= 4 is 45.8 Å². The fourth-order valence-corrected chi connectivity index (χ4v) is 4.87. The van der Waals surface area contributed by atoms with E-state index >= 15 is 0 Å². The first-order valence-corrected chi connectivity index (χ1v) is 11.7. The molecule has 3 aromatic rings. The molecule has 1 unspecified atom stereocenters. The Hall–Kier alpha value is -2.99. The topological polar surface area (TPSA) is 68.3 Å². The van der Waals surface area contributed by atoms with Crippen molar-refractivity contribution in [1.82, 2.24) is 10.3 Å². The second-order valence-electron chi connectivity index (χ2n) is 9.24. The number of fused-ring (bicyclic) bond motifs is 2. The number of amides is 1. The summed E-state index contributed by atoms with van der Waals surface area (Å²) in [7, 11) is 1.52. The van der Waals surface area contributed by atoms with Crippen LogP contribution in [0.15, 0.2) is 41.8 Å². The molecule has 0 aliphatic heterocycles. The first kappa shape index (κ1) is 22.2. The summed E-state index contributed by atoms with van der Waals surface area (Å²) in [6, 6.07) is 11.8. The largest absolute Gasteiger partial charge is 0.452 e. The van der Waals surface area contributed by atoms with Crippen molar-refractivity contribution in [1.29, 1.82) is 0 Å². The average Bonchev–Trinajstić information content (AvgIpc) is 3.28. The number of carbonyl (C=O) groups is 2. The van der Waals surface area contributed by atoms with Crippen molar-refractivity contribution < 1.29 is 14.3 Å². The summed E-state index contributed by atoms with van der Waals surface area (Å²) < 4.78 is 5.42. The molecule has 0 fully saturated rings. The smallest absolute Gasteiger partial charge is 0.339 e. The zero-order valence-corrected chi connectivity index (χ0v) is 19.7. The number of likely N-dealkylation sites (N-methyl/N-ethyl adjacent to an activating group) is 1. The van der Waals surface area contributed by atoms with Crippen LogP contribution in [0.1, 0.15) is 53.7 Å². The molecule has 2 heterocycles. The number of benzene rings is 1. The number of hydrogen-bond acceptors (Lipinski definition) is 5. The molecule has 0 saturated carbocycles. The number of nitrogens with one attached hydrogen (secondary N) is 1. The van der Waals surface area contributed by atoms with Gasteiger partial charge in [-0.3, -0.25) is 4.79 Å². The zero-order valence-electron chi connectivity index (χ0n) is 18.9. The quantitative estimate of drug-likeness (QED) is 0.547. The fraction of sp³-hybridized carbons (Fsp3) is 0.346. The third-order valence-electron chi connectivity index (χ3n) is 6.12. The van der Waals surface area contributed by atoms with Crippen molar-refractivity contribution in [2.24, 2.45) is 11.3 Å². The first-order valence-electron chi connectivity index (χ1n) is 10.8. The Morgan fingerprint density at radius 2 is 1.97 bits per heavy atom. The minimum absolute atomic E-state index is 0.0567. The standard InChI is InChI=1S/C26H28N2O3S/c1-26(2,3)17-12-16(13-18-8-7-11-32-18)24-20(14-17)23(25(30)31-15-22(29)27-4)19-9-5-6-10-21(19)28-24/h5-11,13,17H,12,14-15H2,1-4H3,(H,27,29). The van der Waals surface area contributed by atoms with E-state index in [1.807, 2.05) is 30.3 Å². The highest BCUT2D eigenvalue weighted by molar-refractivity contribution is 7.10. The molecular weight excluding hydrogens is 420 g/mol. The lowest BCUT2D eigenvalue weighted by molar-refractivity contribution is -0.123. The van der Waals surface area contributed by atoms with Crippen LogP contribution in [0.2, 0.25) is 0 Å². The molecule has 1 aliphatic rings. The Labute approximate surface area is 192 Å². The van der Waals surface area contributed by atoms with Crippen LogP contribution in [0.5, 0.6) is 0 Å². The third-order valence-corrected chi connectivity index (χ3v) is 6.94. The van der Waals surface area contributed by atoms with Gasteiger partial charge in [-0.05, 0) is 58.9 Å². The summed E-state index contributed by atoms with van der Waals surface area (Å²) in [5, 5.41) is 5.32. The number of hydrogen-bond donors (Lipinski definition) is 1. The van der Waals surface area contributed by atoms with Crippen LogP contribution < -0.4 is 5.32 Å². The van der Waals surface area contributed by atoms with Crippen LogP contribution in [0.4, 0.5) is 0 Å². The normalized spacial score (nSPS) is 17.2. The van der Waals surface area contributed by atoms with Crippen LogP contribution in [0, 0.1) is 11.3 Å². The number of nitrogens with zero attached hydrogens (tertiary/aromatic N) is 1. The van der Waals surface area contributed by atoms with Gasteiger partial charge in [0.05, 0.1) is 16.8 Å². The number of esters is 1. The molecule has 6 heteroatoms. The van der Waals surface area contributed by atoms with Crippen molar-refractivity contribution in [3.63, 3.8) is 0 Å². The second-order valence-corrected chi connectivity index (χ2v) is 10.2. The highest BCUT2D eigenvalue weighted by Crippen LogP contribution is 2.45. The van der Waals surface area contributed by atoms with E-state index in [0.29, 0.717) is 11.5 Å². The highest BCUT2D eigenvalue weighted by atomic mass is 32.1. The maximum Gasteiger partial charge on any atom is 0.339 e. The van der Waals surface area contributed by atoms with Crippen LogP contribution in [0.3, 0.4) is 0 Å². The molecule has 2 aromatic heterocycles. The molecule has 1 aromatic carbocycles. The van der Waals surface area contributed by atoms with Gasteiger partial charge < -0.3 is 10.1 Å².